The molecule has 0 amide bonds. The SMILES string of the molecule is COc1ccc([C@H](Br)C(=O)Oc2c(Br)cc(Br)cc2Br)cc1. The smallest absolute Gasteiger partial charge is 0.329 e. The molecule has 0 fully saturated rings. The van der Waals surface area contributed by atoms with Gasteiger partial charge in [-0.25, -0.2) is 0 Å². The number of benzene rings is 2. The summed E-state index contributed by atoms with van der Waals surface area (Å²) >= 11 is 13.5. The third-order valence-corrected chi connectivity index (χ3v) is 5.32. The van der Waals surface area contributed by atoms with Gasteiger partial charge in [-0.05, 0) is 61.7 Å². The monoisotopic (exact) mass is 554 g/mol. The molecule has 0 aromatic heterocycles. The first-order chi connectivity index (χ1) is 10.4. The van der Waals surface area contributed by atoms with Crippen LogP contribution in [0.1, 0.15) is 10.4 Å². The molecular formula is C15H10Br4O3. The number of ether oxygens (including phenoxy) is 2. The highest BCUT2D eigenvalue weighted by atomic mass is 79.9. The summed E-state index contributed by atoms with van der Waals surface area (Å²) in [7, 11) is 1.59. The Labute approximate surface area is 161 Å². The maximum Gasteiger partial charge on any atom is 0.329 e. The van der Waals surface area contributed by atoms with Gasteiger partial charge in [0.1, 0.15) is 10.6 Å². The van der Waals surface area contributed by atoms with Crippen LogP contribution in [0.4, 0.5) is 0 Å². The summed E-state index contributed by atoms with van der Waals surface area (Å²) < 4.78 is 12.8. The highest BCUT2D eigenvalue weighted by Crippen LogP contribution is 2.38. The lowest BCUT2D eigenvalue weighted by Crippen LogP contribution is -2.14. The Morgan fingerprint density at radius 2 is 1.59 bits per heavy atom. The predicted molar refractivity (Wildman–Crippen MR) is 99.8 cm³/mol. The zero-order chi connectivity index (χ0) is 16.3. The van der Waals surface area contributed by atoms with Crippen molar-refractivity contribution >= 4 is 69.7 Å². The van der Waals surface area contributed by atoms with Gasteiger partial charge in [-0.3, -0.25) is 4.79 Å². The van der Waals surface area contributed by atoms with E-state index in [1.807, 2.05) is 24.3 Å². The summed E-state index contributed by atoms with van der Waals surface area (Å²) in [5.74, 6) is 0.760. The molecule has 0 aliphatic rings. The second-order valence-corrected chi connectivity index (χ2v) is 7.80. The maximum atomic E-state index is 12.3. The van der Waals surface area contributed by atoms with E-state index in [2.05, 4.69) is 63.7 Å². The molecule has 116 valence electrons. The van der Waals surface area contributed by atoms with Crippen LogP contribution in [-0.2, 0) is 4.79 Å². The Hall–Kier alpha value is -0.370. The number of halogens is 4. The average molecular weight is 558 g/mol. The number of hydrogen-bond acceptors (Lipinski definition) is 3. The Morgan fingerprint density at radius 3 is 2.09 bits per heavy atom. The van der Waals surface area contributed by atoms with Gasteiger partial charge in [-0.2, -0.15) is 0 Å². The summed E-state index contributed by atoms with van der Waals surface area (Å²) in [5, 5.41) is 0. The molecule has 2 aromatic rings. The highest BCUT2D eigenvalue weighted by molar-refractivity contribution is 9.11. The van der Waals surface area contributed by atoms with Crippen molar-refractivity contribution in [1.82, 2.24) is 0 Å². The van der Waals surface area contributed by atoms with Crippen LogP contribution in [0.25, 0.3) is 0 Å². The molecule has 2 rings (SSSR count). The standard InChI is InChI=1S/C15H10Br4O3/c1-21-10-4-2-8(3-5-10)13(19)15(20)22-14-11(17)6-9(16)7-12(14)18/h2-7,13H,1H3/t13-/m0/s1. The van der Waals surface area contributed by atoms with E-state index < -0.39 is 10.8 Å². The molecule has 0 saturated carbocycles. The quantitative estimate of drug-likeness (QED) is 0.262. The van der Waals surface area contributed by atoms with Crippen LogP contribution in [-0.4, -0.2) is 13.1 Å². The Bertz CT molecular complexity index is 663. The number of methoxy groups -OCH3 is 1. The van der Waals surface area contributed by atoms with Crippen molar-refractivity contribution in [3.05, 3.63) is 55.4 Å². The van der Waals surface area contributed by atoms with Crippen molar-refractivity contribution in [3.63, 3.8) is 0 Å². The van der Waals surface area contributed by atoms with Crippen LogP contribution in [0.15, 0.2) is 49.8 Å². The van der Waals surface area contributed by atoms with Gasteiger partial charge in [0, 0.05) is 4.47 Å². The average Bonchev–Trinajstić information content (AvgIpc) is 2.50. The molecule has 0 saturated heterocycles. The number of esters is 1. The zero-order valence-electron chi connectivity index (χ0n) is 11.3. The predicted octanol–water partition coefficient (Wildman–Crippen LogP) is 6.02. The fourth-order valence-corrected chi connectivity index (χ4v) is 4.51. The van der Waals surface area contributed by atoms with E-state index in [1.165, 1.54) is 0 Å². The molecule has 3 nitrogen and oxygen atoms in total. The van der Waals surface area contributed by atoms with Crippen molar-refractivity contribution < 1.29 is 14.3 Å². The lowest BCUT2D eigenvalue weighted by molar-refractivity contribution is -0.133. The summed E-state index contributed by atoms with van der Waals surface area (Å²) in [6, 6.07) is 10.8. The molecule has 0 aliphatic carbocycles. The number of carbonyl (C=O) groups excluding carboxylic acids is 1. The minimum atomic E-state index is -0.569. The first-order valence-electron chi connectivity index (χ1n) is 6.06. The van der Waals surface area contributed by atoms with Crippen LogP contribution < -0.4 is 9.47 Å². The number of carbonyl (C=O) groups is 1. The maximum absolute atomic E-state index is 12.3. The summed E-state index contributed by atoms with van der Waals surface area (Å²) in [6.07, 6.45) is 0. The van der Waals surface area contributed by atoms with Gasteiger partial charge in [-0.15, -0.1) is 0 Å². The normalized spacial score (nSPS) is 11.9. The summed E-state index contributed by atoms with van der Waals surface area (Å²) in [5.41, 5.74) is 0.787. The Kier molecular flexibility index (Phi) is 6.49. The van der Waals surface area contributed by atoms with Crippen molar-refractivity contribution in [1.29, 1.82) is 0 Å². The molecular weight excluding hydrogens is 548 g/mol. The van der Waals surface area contributed by atoms with Crippen LogP contribution in [0.3, 0.4) is 0 Å². The summed E-state index contributed by atoms with van der Waals surface area (Å²) in [6.45, 7) is 0. The van der Waals surface area contributed by atoms with Gasteiger partial charge in [-0.1, -0.05) is 44.0 Å². The molecule has 7 heteroatoms. The van der Waals surface area contributed by atoms with Gasteiger partial charge in [0.2, 0.25) is 0 Å². The third kappa shape index (κ3) is 4.34. The van der Waals surface area contributed by atoms with Crippen molar-refractivity contribution in [2.45, 2.75) is 4.83 Å². The fourth-order valence-electron chi connectivity index (χ4n) is 1.69. The minimum Gasteiger partial charge on any atom is -0.497 e. The van der Waals surface area contributed by atoms with E-state index in [1.54, 1.807) is 19.2 Å². The van der Waals surface area contributed by atoms with Crippen LogP contribution in [0.5, 0.6) is 11.5 Å². The topological polar surface area (TPSA) is 35.5 Å². The Morgan fingerprint density at radius 1 is 1.05 bits per heavy atom. The van der Waals surface area contributed by atoms with Crippen LogP contribution >= 0.6 is 63.7 Å². The summed E-state index contributed by atoms with van der Waals surface area (Å²) in [4.78, 5) is 11.7. The molecule has 0 N–H and O–H groups in total. The van der Waals surface area contributed by atoms with E-state index >= 15 is 0 Å². The van der Waals surface area contributed by atoms with Gasteiger partial charge in [0.25, 0.3) is 0 Å². The van der Waals surface area contributed by atoms with E-state index in [0.717, 1.165) is 15.8 Å². The van der Waals surface area contributed by atoms with E-state index in [0.29, 0.717) is 14.7 Å². The van der Waals surface area contributed by atoms with Crippen LogP contribution in [0, 0.1) is 0 Å². The molecule has 2 aromatic carbocycles. The second kappa shape index (κ2) is 7.95. The molecule has 1 atom stereocenters. The molecule has 0 bridgehead atoms. The van der Waals surface area contributed by atoms with Gasteiger partial charge < -0.3 is 9.47 Å². The van der Waals surface area contributed by atoms with Crippen molar-refractivity contribution in [3.8, 4) is 11.5 Å². The van der Waals surface area contributed by atoms with Crippen LogP contribution in [0.2, 0.25) is 0 Å². The minimum absolute atomic E-state index is 0.408. The molecule has 0 spiro atoms. The largest absolute Gasteiger partial charge is 0.497 e. The van der Waals surface area contributed by atoms with E-state index in [-0.39, 0.29) is 0 Å². The molecule has 0 radical (unpaired) electrons. The molecule has 22 heavy (non-hydrogen) atoms. The van der Waals surface area contributed by atoms with E-state index in [9.17, 15) is 4.79 Å². The molecule has 0 aliphatic heterocycles. The second-order valence-electron chi connectivity index (χ2n) is 4.26. The zero-order valence-corrected chi connectivity index (χ0v) is 17.6. The molecule has 0 unspecified atom stereocenters. The number of alkyl halides is 1. The first kappa shape index (κ1) is 18.0. The highest BCUT2D eigenvalue weighted by Gasteiger charge is 2.22. The van der Waals surface area contributed by atoms with Gasteiger partial charge in [0.05, 0.1) is 16.1 Å². The molecule has 0 heterocycles. The first-order valence-corrected chi connectivity index (χ1v) is 9.36. The lowest BCUT2D eigenvalue weighted by atomic mass is 10.1. The van der Waals surface area contributed by atoms with Crippen molar-refractivity contribution in [2.24, 2.45) is 0 Å². The van der Waals surface area contributed by atoms with Gasteiger partial charge in [0.15, 0.2) is 5.75 Å². The van der Waals surface area contributed by atoms with E-state index in [4.69, 9.17) is 9.47 Å². The fraction of sp³-hybridized carbons (Fsp3) is 0.133. The number of hydrogen-bond donors (Lipinski definition) is 0. The Balaban J connectivity index is 2.17. The van der Waals surface area contributed by atoms with Crippen molar-refractivity contribution in [2.75, 3.05) is 7.11 Å². The third-order valence-electron chi connectivity index (χ3n) is 2.78. The lowest BCUT2D eigenvalue weighted by Gasteiger charge is -2.13. The van der Waals surface area contributed by atoms with Gasteiger partial charge >= 0.3 is 5.97 Å². The number of rotatable bonds is 4.